The van der Waals surface area contributed by atoms with Gasteiger partial charge in [0.25, 0.3) is 0 Å². The predicted molar refractivity (Wildman–Crippen MR) is 259 cm³/mol. The SMILES string of the molecule is CC1(C)c2ccccc2-c2c(-c3ccccc3N(c3ccc(-c4cccc5c4C(C)(C)c4ccccc4-5)cc3)c3ccc4c(c3)-c3ccccc3C43CC4CCC3C4)cccc21. The number of para-hydroxylation sites is 1. The summed E-state index contributed by atoms with van der Waals surface area (Å²) >= 11 is 0. The first kappa shape index (κ1) is 36.2. The summed E-state index contributed by atoms with van der Waals surface area (Å²) in [6.45, 7) is 9.55. The summed E-state index contributed by atoms with van der Waals surface area (Å²) < 4.78 is 0. The number of nitrogens with zero attached hydrogens (tertiary/aromatic N) is 1. The molecule has 0 saturated heterocycles. The topological polar surface area (TPSA) is 3.24 Å². The Kier molecular flexibility index (Phi) is 7.48. The van der Waals surface area contributed by atoms with Crippen molar-refractivity contribution in [3.05, 3.63) is 209 Å². The van der Waals surface area contributed by atoms with Crippen molar-refractivity contribution in [1.29, 1.82) is 0 Å². The van der Waals surface area contributed by atoms with Gasteiger partial charge in [0.1, 0.15) is 0 Å². The summed E-state index contributed by atoms with van der Waals surface area (Å²) in [5.74, 6) is 1.57. The largest absolute Gasteiger partial charge is 0.310 e. The Morgan fingerprint density at radius 2 is 0.984 bits per heavy atom. The van der Waals surface area contributed by atoms with E-state index in [0.717, 1.165) is 17.5 Å². The van der Waals surface area contributed by atoms with Gasteiger partial charge in [0, 0.05) is 33.2 Å². The third-order valence-corrected chi connectivity index (χ3v) is 16.3. The molecule has 8 aromatic rings. The highest BCUT2D eigenvalue weighted by Crippen LogP contribution is 2.66. The van der Waals surface area contributed by atoms with Gasteiger partial charge < -0.3 is 4.90 Å². The number of benzene rings is 8. The molecule has 300 valence electrons. The molecule has 1 nitrogen and oxygen atoms in total. The molecule has 3 unspecified atom stereocenters. The molecule has 62 heavy (non-hydrogen) atoms. The summed E-state index contributed by atoms with van der Waals surface area (Å²) in [6.07, 6.45) is 5.40. The summed E-state index contributed by atoms with van der Waals surface area (Å²) in [5.41, 5.74) is 25.6. The molecular weight excluding hydrogens is 747 g/mol. The third kappa shape index (κ3) is 4.75. The maximum Gasteiger partial charge on any atom is 0.0540 e. The van der Waals surface area contributed by atoms with E-state index in [2.05, 4.69) is 209 Å². The smallest absolute Gasteiger partial charge is 0.0540 e. The zero-order chi connectivity index (χ0) is 41.5. The second-order valence-electron chi connectivity index (χ2n) is 20.0. The number of hydrogen-bond donors (Lipinski definition) is 0. The molecule has 5 aliphatic carbocycles. The fourth-order valence-corrected chi connectivity index (χ4v) is 13.7. The molecule has 2 fully saturated rings. The van der Waals surface area contributed by atoms with Gasteiger partial charge in [0.2, 0.25) is 0 Å². The van der Waals surface area contributed by atoms with Crippen LogP contribution >= 0.6 is 0 Å². The lowest BCUT2D eigenvalue weighted by molar-refractivity contribution is 0.327. The van der Waals surface area contributed by atoms with Crippen molar-refractivity contribution in [3.8, 4) is 55.6 Å². The Morgan fingerprint density at radius 1 is 0.419 bits per heavy atom. The normalized spacial score (nSPS) is 21.0. The Balaban J connectivity index is 1.01. The zero-order valence-corrected chi connectivity index (χ0v) is 36.2. The van der Waals surface area contributed by atoms with Crippen LogP contribution < -0.4 is 4.90 Å². The van der Waals surface area contributed by atoms with Gasteiger partial charge in [-0.3, -0.25) is 0 Å². The molecular formula is C61H51N. The predicted octanol–water partition coefficient (Wildman–Crippen LogP) is 16.2. The monoisotopic (exact) mass is 797 g/mol. The van der Waals surface area contributed by atoms with Crippen LogP contribution in [0.15, 0.2) is 176 Å². The molecule has 0 aromatic heterocycles. The summed E-state index contributed by atoms with van der Waals surface area (Å²) in [4.78, 5) is 2.55. The Bertz CT molecular complexity index is 3160. The van der Waals surface area contributed by atoms with E-state index >= 15 is 0 Å². The highest BCUT2D eigenvalue weighted by molar-refractivity contribution is 5.99. The molecule has 1 spiro atoms. The van der Waals surface area contributed by atoms with Gasteiger partial charge in [-0.2, -0.15) is 0 Å². The molecule has 0 amide bonds. The van der Waals surface area contributed by atoms with E-state index in [1.54, 1.807) is 11.1 Å². The van der Waals surface area contributed by atoms with Crippen LogP contribution in [0.4, 0.5) is 17.1 Å². The average molecular weight is 798 g/mol. The first-order valence-corrected chi connectivity index (χ1v) is 23.0. The van der Waals surface area contributed by atoms with Crippen LogP contribution in [-0.2, 0) is 16.2 Å². The van der Waals surface area contributed by atoms with Gasteiger partial charge in [-0.15, -0.1) is 0 Å². The van der Waals surface area contributed by atoms with Crippen molar-refractivity contribution in [3.63, 3.8) is 0 Å². The van der Waals surface area contributed by atoms with Crippen LogP contribution in [0.25, 0.3) is 55.6 Å². The number of rotatable bonds is 5. The first-order chi connectivity index (χ1) is 30.2. The van der Waals surface area contributed by atoms with Gasteiger partial charge in [-0.05, 0) is 145 Å². The van der Waals surface area contributed by atoms with Crippen LogP contribution in [0.5, 0.6) is 0 Å². The highest BCUT2D eigenvalue weighted by Gasteiger charge is 2.56. The minimum atomic E-state index is -0.0911. The molecule has 8 aromatic carbocycles. The van der Waals surface area contributed by atoms with Crippen LogP contribution in [-0.4, -0.2) is 0 Å². The molecule has 0 heterocycles. The second kappa shape index (κ2) is 12.8. The van der Waals surface area contributed by atoms with Crippen LogP contribution in [0, 0.1) is 11.8 Å². The van der Waals surface area contributed by atoms with E-state index in [1.807, 2.05) is 0 Å². The summed E-state index contributed by atoms with van der Waals surface area (Å²) in [7, 11) is 0. The van der Waals surface area contributed by atoms with E-state index in [-0.39, 0.29) is 16.2 Å². The van der Waals surface area contributed by atoms with Crippen molar-refractivity contribution >= 4 is 17.1 Å². The second-order valence-corrected chi connectivity index (χ2v) is 20.0. The van der Waals surface area contributed by atoms with Gasteiger partial charge in [0.15, 0.2) is 0 Å². The van der Waals surface area contributed by atoms with Gasteiger partial charge in [0.05, 0.1) is 5.69 Å². The summed E-state index contributed by atoms with van der Waals surface area (Å²) in [6, 6.07) is 67.4. The van der Waals surface area contributed by atoms with Gasteiger partial charge in [-0.1, -0.05) is 180 Å². The molecule has 13 rings (SSSR count). The van der Waals surface area contributed by atoms with Crippen molar-refractivity contribution in [2.75, 3.05) is 4.90 Å². The number of hydrogen-bond acceptors (Lipinski definition) is 1. The van der Waals surface area contributed by atoms with E-state index in [4.69, 9.17) is 0 Å². The third-order valence-electron chi connectivity index (χ3n) is 16.3. The minimum Gasteiger partial charge on any atom is -0.310 e. The highest BCUT2D eigenvalue weighted by atomic mass is 15.1. The molecule has 3 atom stereocenters. The maximum atomic E-state index is 2.55. The lowest BCUT2D eigenvalue weighted by Crippen LogP contribution is -2.31. The first-order valence-electron chi connectivity index (χ1n) is 23.0. The minimum absolute atomic E-state index is 0.0804. The number of anilines is 3. The quantitative estimate of drug-likeness (QED) is 0.168. The van der Waals surface area contributed by atoms with Gasteiger partial charge >= 0.3 is 0 Å². The summed E-state index contributed by atoms with van der Waals surface area (Å²) in [5, 5.41) is 0. The van der Waals surface area contributed by atoms with Crippen molar-refractivity contribution < 1.29 is 0 Å². The van der Waals surface area contributed by atoms with Crippen LogP contribution in [0.2, 0.25) is 0 Å². The molecule has 0 N–H and O–H groups in total. The fraction of sp³-hybridized carbons (Fsp3) is 0.213. The van der Waals surface area contributed by atoms with Crippen LogP contribution in [0.1, 0.15) is 86.8 Å². The fourth-order valence-electron chi connectivity index (χ4n) is 13.7. The van der Waals surface area contributed by atoms with E-state index < -0.39 is 0 Å². The zero-order valence-electron chi connectivity index (χ0n) is 36.2. The Morgan fingerprint density at radius 3 is 1.73 bits per heavy atom. The Hall–Kier alpha value is -6.44. The van der Waals surface area contributed by atoms with Crippen molar-refractivity contribution in [2.24, 2.45) is 11.8 Å². The lowest BCUT2D eigenvalue weighted by Gasteiger charge is -2.36. The molecule has 0 aliphatic heterocycles. The van der Waals surface area contributed by atoms with Crippen molar-refractivity contribution in [2.45, 2.75) is 69.6 Å². The molecule has 0 radical (unpaired) electrons. The average Bonchev–Trinajstić information content (AvgIpc) is 4.10. The molecule has 2 bridgehead atoms. The lowest BCUT2D eigenvalue weighted by atomic mass is 9.67. The maximum absolute atomic E-state index is 2.55. The molecule has 2 saturated carbocycles. The van der Waals surface area contributed by atoms with E-state index in [9.17, 15) is 0 Å². The van der Waals surface area contributed by atoms with Gasteiger partial charge in [-0.25, -0.2) is 0 Å². The van der Waals surface area contributed by atoms with Crippen LogP contribution in [0.3, 0.4) is 0 Å². The van der Waals surface area contributed by atoms with Crippen molar-refractivity contribution in [1.82, 2.24) is 0 Å². The van der Waals surface area contributed by atoms with E-state index in [0.29, 0.717) is 0 Å². The standard InChI is InChI=1S/C61H51N/c1-59(2)52-23-10-7-18-49(52)57-47(20-14-25-55(57)59)46-17-8-12-26-56(46)62(42-33-34-54-50(36-42)45-16-6-11-24-53(45)61(54)37-38-27-30-40(61)35-38)41-31-28-39(29-32-41)43-19-13-21-48-44-15-5-9-22-51(44)60(3,4)58(43)48/h5-26,28-29,31-34,36,38,40H,27,30,35,37H2,1-4H3. The Labute approximate surface area is 366 Å². The molecule has 5 aliphatic rings. The van der Waals surface area contributed by atoms with E-state index in [1.165, 1.54) is 115 Å². The number of fused-ring (bicyclic) bond motifs is 14. The molecule has 1 heteroatoms.